The van der Waals surface area contributed by atoms with Crippen molar-refractivity contribution in [1.29, 1.82) is 0 Å². The first-order chi connectivity index (χ1) is 9.08. The van der Waals surface area contributed by atoms with Crippen LogP contribution in [0.15, 0.2) is 28.7 Å². The van der Waals surface area contributed by atoms with E-state index in [1.165, 1.54) is 0 Å². The third-order valence-corrected chi connectivity index (χ3v) is 3.62. The number of likely N-dealkylation sites (tertiary alicyclic amines) is 1. The lowest BCUT2D eigenvalue weighted by Gasteiger charge is -2.22. The highest BCUT2D eigenvalue weighted by Crippen LogP contribution is 2.18. The second-order valence-electron chi connectivity index (χ2n) is 4.44. The van der Waals surface area contributed by atoms with Crippen LogP contribution in [-0.2, 0) is 4.74 Å². The highest BCUT2D eigenvalue weighted by Gasteiger charge is 2.28. The van der Waals surface area contributed by atoms with Crippen LogP contribution in [0.5, 0.6) is 0 Å². The van der Waals surface area contributed by atoms with E-state index in [0.29, 0.717) is 12.1 Å². The van der Waals surface area contributed by atoms with Crippen LogP contribution in [0, 0.1) is 0 Å². The molecule has 2 rings (SSSR count). The van der Waals surface area contributed by atoms with Gasteiger partial charge < -0.3 is 15.4 Å². The van der Waals surface area contributed by atoms with Gasteiger partial charge in [-0.1, -0.05) is 22.0 Å². The van der Waals surface area contributed by atoms with Crippen LogP contribution in [0.25, 0.3) is 0 Å². The topological polar surface area (TPSA) is 72.6 Å². The molecule has 6 heteroatoms. The number of amides is 2. The molecule has 5 nitrogen and oxygen atoms in total. The summed E-state index contributed by atoms with van der Waals surface area (Å²) < 4.78 is 6.06. The SMILES string of the molecule is NC(=O)N1CCC[C@@H]1COC(=O)c1cccc(Br)c1. The van der Waals surface area contributed by atoms with Gasteiger partial charge in [-0.3, -0.25) is 0 Å². The average molecular weight is 327 g/mol. The monoisotopic (exact) mass is 326 g/mol. The fraction of sp³-hybridized carbons (Fsp3) is 0.385. The van der Waals surface area contributed by atoms with Crippen molar-refractivity contribution >= 4 is 27.9 Å². The minimum absolute atomic E-state index is 0.103. The van der Waals surface area contributed by atoms with Gasteiger partial charge in [-0.15, -0.1) is 0 Å². The molecule has 1 aromatic rings. The van der Waals surface area contributed by atoms with Gasteiger partial charge in [-0.05, 0) is 31.0 Å². The molecule has 0 aliphatic carbocycles. The van der Waals surface area contributed by atoms with Crippen molar-refractivity contribution in [2.45, 2.75) is 18.9 Å². The van der Waals surface area contributed by atoms with E-state index in [-0.39, 0.29) is 12.6 Å². The Hall–Kier alpha value is -1.56. The molecule has 1 fully saturated rings. The van der Waals surface area contributed by atoms with Crippen molar-refractivity contribution in [2.75, 3.05) is 13.2 Å². The third kappa shape index (κ3) is 3.47. The predicted octanol–water partition coefficient (Wildman–Crippen LogP) is 2.15. The number of hydrogen-bond acceptors (Lipinski definition) is 3. The fourth-order valence-electron chi connectivity index (χ4n) is 2.17. The second-order valence-corrected chi connectivity index (χ2v) is 5.35. The number of urea groups is 1. The Morgan fingerprint density at radius 1 is 1.47 bits per heavy atom. The van der Waals surface area contributed by atoms with E-state index < -0.39 is 12.0 Å². The minimum Gasteiger partial charge on any atom is -0.460 e. The average Bonchev–Trinajstić information content (AvgIpc) is 2.84. The number of nitrogens with zero attached hydrogens (tertiary/aromatic N) is 1. The number of primary amides is 1. The van der Waals surface area contributed by atoms with Crippen molar-refractivity contribution in [3.8, 4) is 0 Å². The number of carbonyl (C=O) groups excluding carboxylic acids is 2. The molecule has 0 unspecified atom stereocenters. The number of benzene rings is 1. The fourth-order valence-corrected chi connectivity index (χ4v) is 2.57. The zero-order valence-corrected chi connectivity index (χ0v) is 11.9. The number of ether oxygens (including phenoxy) is 1. The molecule has 1 aliphatic heterocycles. The molecule has 0 radical (unpaired) electrons. The predicted molar refractivity (Wildman–Crippen MR) is 73.7 cm³/mol. The number of hydrogen-bond donors (Lipinski definition) is 1. The molecular formula is C13H15BrN2O3. The number of carbonyl (C=O) groups is 2. The van der Waals surface area contributed by atoms with Gasteiger partial charge in [-0.25, -0.2) is 9.59 Å². The van der Waals surface area contributed by atoms with Gasteiger partial charge >= 0.3 is 12.0 Å². The molecular weight excluding hydrogens is 312 g/mol. The van der Waals surface area contributed by atoms with E-state index in [9.17, 15) is 9.59 Å². The molecule has 1 atom stereocenters. The third-order valence-electron chi connectivity index (χ3n) is 3.13. The van der Waals surface area contributed by atoms with Gasteiger partial charge in [0.25, 0.3) is 0 Å². The van der Waals surface area contributed by atoms with Crippen LogP contribution in [0.2, 0.25) is 0 Å². The summed E-state index contributed by atoms with van der Waals surface area (Å²) in [4.78, 5) is 24.6. The molecule has 1 aliphatic rings. The molecule has 2 amide bonds. The van der Waals surface area contributed by atoms with Crippen molar-refractivity contribution in [3.05, 3.63) is 34.3 Å². The van der Waals surface area contributed by atoms with Gasteiger partial charge in [0.15, 0.2) is 0 Å². The lowest BCUT2D eigenvalue weighted by Crippen LogP contribution is -2.41. The first kappa shape index (κ1) is 13.9. The molecule has 0 saturated carbocycles. The Morgan fingerprint density at radius 2 is 2.26 bits per heavy atom. The normalized spacial score (nSPS) is 18.4. The van der Waals surface area contributed by atoms with Crippen LogP contribution in [0.3, 0.4) is 0 Å². The van der Waals surface area contributed by atoms with E-state index >= 15 is 0 Å². The Labute approximate surface area is 119 Å². The highest BCUT2D eigenvalue weighted by molar-refractivity contribution is 9.10. The van der Waals surface area contributed by atoms with Crippen LogP contribution in [0.4, 0.5) is 4.79 Å². The number of rotatable bonds is 3. The van der Waals surface area contributed by atoms with Crippen molar-refractivity contribution in [1.82, 2.24) is 4.90 Å². The molecule has 0 spiro atoms. The Kier molecular flexibility index (Phi) is 4.42. The summed E-state index contributed by atoms with van der Waals surface area (Å²) in [5.74, 6) is -0.391. The second kappa shape index (κ2) is 6.06. The summed E-state index contributed by atoms with van der Waals surface area (Å²) in [6.07, 6.45) is 1.71. The zero-order chi connectivity index (χ0) is 13.8. The summed E-state index contributed by atoms with van der Waals surface area (Å²) in [7, 11) is 0. The zero-order valence-electron chi connectivity index (χ0n) is 10.3. The van der Waals surface area contributed by atoms with Gasteiger partial charge in [0, 0.05) is 11.0 Å². The molecule has 2 N–H and O–H groups in total. The molecule has 0 bridgehead atoms. The van der Waals surface area contributed by atoms with Gasteiger partial charge in [0.05, 0.1) is 11.6 Å². The van der Waals surface area contributed by atoms with Crippen molar-refractivity contribution < 1.29 is 14.3 Å². The van der Waals surface area contributed by atoms with Gasteiger partial charge in [-0.2, -0.15) is 0 Å². The number of esters is 1. The van der Waals surface area contributed by atoms with Crippen molar-refractivity contribution in [3.63, 3.8) is 0 Å². The Balaban J connectivity index is 1.92. The maximum absolute atomic E-state index is 11.9. The Morgan fingerprint density at radius 3 is 2.95 bits per heavy atom. The maximum Gasteiger partial charge on any atom is 0.338 e. The Bertz CT molecular complexity index is 493. The minimum atomic E-state index is -0.457. The molecule has 19 heavy (non-hydrogen) atoms. The van der Waals surface area contributed by atoms with Crippen LogP contribution in [0.1, 0.15) is 23.2 Å². The lowest BCUT2D eigenvalue weighted by molar-refractivity contribution is 0.0422. The van der Waals surface area contributed by atoms with E-state index in [4.69, 9.17) is 10.5 Å². The molecule has 102 valence electrons. The summed E-state index contributed by atoms with van der Waals surface area (Å²) in [5, 5.41) is 0. The van der Waals surface area contributed by atoms with Crippen molar-refractivity contribution in [2.24, 2.45) is 5.73 Å². The standard InChI is InChI=1S/C13H15BrN2O3/c14-10-4-1-3-9(7-10)12(17)19-8-11-5-2-6-16(11)13(15)18/h1,3-4,7,11H,2,5-6,8H2,(H2,15,18)/t11-/m1/s1. The first-order valence-corrected chi connectivity index (χ1v) is 6.86. The highest BCUT2D eigenvalue weighted by atomic mass is 79.9. The number of halogens is 1. The van der Waals surface area contributed by atoms with Crippen LogP contribution >= 0.6 is 15.9 Å². The summed E-state index contributed by atoms with van der Waals surface area (Å²) in [5.41, 5.74) is 5.75. The van der Waals surface area contributed by atoms with E-state index in [1.807, 2.05) is 6.07 Å². The number of nitrogens with two attached hydrogens (primary N) is 1. The molecule has 0 aromatic heterocycles. The van der Waals surface area contributed by atoms with E-state index in [2.05, 4.69) is 15.9 Å². The maximum atomic E-state index is 11.9. The summed E-state index contributed by atoms with van der Waals surface area (Å²) >= 11 is 3.30. The van der Waals surface area contributed by atoms with Crippen LogP contribution < -0.4 is 5.73 Å². The quantitative estimate of drug-likeness (QED) is 0.865. The largest absolute Gasteiger partial charge is 0.460 e. The van der Waals surface area contributed by atoms with Gasteiger partial charge in [0.2, 0.25) is 0 Å². The summed E-state index contributed by atoms with van der Waals surface area (Å²) in [6, 6.07) is 6.43. The van der Waals surface area contributed by atoms with E-state index in [1.54, 1.807) is 23.1 Å². The molecule has 1 aromatic carbocycles. The first-order valence-electron chi connectivity index (χ1n) is 6.06. The summed E-state index contributed by atoms with van der Waals surface area (Å²) in [6.45, 7) is 0.822. The lowest BCUT2D eigenvalue weighted by atomic mass is 10.2. The molecule has 1 saturated heterocycles. The molecule has 1 heterocycles. The van der Waals surface area contributed by atoms with Gasteiger partial charge in [0.1, 0.15) is 6.61 Å². The van der Waals surface area contributed by atoms with Crippen LogP contribution in [-0.4, -0.2) is 36.1 Å². The van der Waals surface area contributed by atoms with E-state index in [0.717, 1.165) is 17.3 Å². The smallest absolute Gasteiger partial charge is 0.338 e.